The van der Waals surface area contributed by atoms with Gasteiger partial charge in [0.05, 0.1) is 62.2 Å². The summed E-state index contributed by atoms with van der Waals surface area (Å²) < 4.78 is 216. The maximum Gasteiger partial charge on any atom is 1.00 e. The van der Waals surface area contributed by atoms with Crippen molar-refractivity contribution in [3.8, 4) is 0 Å². The first-order chi connectivity index (χ1) is 31.0. The van der Waals surface area contributed by atoms with E-state index in [-0.39, 0.29) is 211 Å². The van der Waals surface area contributed by atoms with Crippen molar-refractivity contribution in [1.29, 1.82) is 0 Å². The SMILES string of the molecule is O=C(Nc1cc(C(=O)Nc2ccc(S(=O)(=O)[O-])c3cc(S(=O)(=O)[O-])cc(S(=O)(=O)[O-])c23)ccc1Cl)Nc1cc(C(=O)Nc2ccc(S(=O)(=O)[O-])c3cc(S(=O)(=O)[O-])cc(S(=O)(=O)[O-])c23)ccc1Cl.[Na+].[Na+].[Na+].[Na+].[Na+].[Na+]. The second-order valence-corrected chi connectivity index (χ2v) is 22.5. The van der Waals surface area contributed by atoms with Gasteiger partial charge in [0.15, 0.2) is 0 Å². The fourth-order valence-electron chi connectivity index (χ4n) is 6.31. The van der Waals surface area contributed by atoms with Crippen LogP contribution in [0.5, 0.6) is 0 Å². The molecule has 4 amide bonds. The van der Waals surface area contributed by atoms with Crippen LogP contribution >= 0.6 is 23.2 Å². The Morgan fingerprint density at radius 2 is 0.649 bits per heavy atom. The molecule has 0 aromatic heterocycles. The first-order valence-electron chi connectivity index (χ1n) is 17.3. The Hall–Kier alpha value is 0.0900. The molecule has 0 atom stereocenters. The molecule has 0 unspecified atom stereocenters. The average Bonchev–Trinajstić information content (AvgIpc) is 3.19. The van der Waals surface area contributed by atoms with Crippen LogP contribution in [0.25, 0.3) is 21.5 Å². The second-order valence-electron chi connectivity index (χ2n) is 13.5. The number of benzene rings is 6. The Bertz CT molecular complexity index is 3720. The molecular formula is C35H18Cl2N4Na6O21S6. The van der Waals surface area contributed by atoms with Crippen LogP contribution in [0.4, 0.5) is 27.5 Å². The van der Waals surface area contributed by atoms with E-state index in [9.17, 15) is 92.2 Å². The summed E-state index contributed by atoms with van der Waals surface area (Å²) in [6.07, 6.45) is 0. The molecule has 0 bridgehead atoms. The molecular weight excluding hydrogens is 1210 g/mol. The van der Waals surface area contributed by atoms with Crippen LogP contribution in [0.2, 0.25) is 10.0 Å². The Morgan fingerprint density at radius 3 is 0.919 bits per heavy atom. The summed E-state index contributed by atoms with van der Waals surface area (Å²) in [7, 11) is -33.9. The standard InChI is InChI=1S/C35H24Cl2N4O21S6.6Na/c36-21-3-1-15(33(42)38-23-5-7-27(65(51,52)53)19-11-17(63(45,46)47)13-29(31(19)23)67(57,58)59)9-25(21)40-35(44)41-26-10-16(2-4-22(26)37)34(43)39-24-6-8-28(66(54,55)56)20-12-18(64(48,49)50)14-30(32(20)24)68(60,61)62;;;;;;/h1-14H,(H,38,42)(H,39,43)(H2,40,41,44)(H,45,46,47)(H,48,49,50)(H,51,52,53)(H,54,55,56)(H,57,58,59)(H,60,61,62);;;;;;/q;6*+1/p-6. The van der Waals surface area contributed by atoms with Crippen LogP contribution in [0.3, 0.4) is 0 Å². The largest absolute Gasteiger partial charge is 1.00 e. The van der Waals surface area contributed by atoms with Gasteiger partial charge < -0.3 is 48.6 Å². The van der Waals surface area contributed by atoms with Gasteiger partial charge in [-0.05, 0) is 84.9 Å². The zero-order valence-corrected chi connectivity index (χ0v) is 56.8. The van der Waals surface area contributed by atoms with Crippen LogP contribution in [-0.2, 0) is 60.7 Å². The molecule has 0 heterocycles. The van der Waals surface area contributed by atoms with Gasteiger partial charge >= 0.3 is 183 Å². The smallest absolute Gasteiger partial charge is 0.744 e. The molecule has 0 aliphatic heterocycles. The Morgan fingerprint density at radius 1 is 0.351 bits per heavy atom. The molecule has 0 radical (unpaired) electrons. The second kappa shape index (κ2) is 27.7. The van der Waals surface area contributed by atoms with Crippen molar-refractivity contribution in [1.82, 2.24) is 0 Å². The molecule has 6 rings (SSSR count). The fraction of sp³-hybridized carbons (Fsp3) is 0. The van der Waals surface area contributed by atoms with Gasteiger partial charge in [-0.25, -0.2) is 55.3 Å². The predicted octanol–water partition coefficient (Wildman–Crippen LogP) is -15.1. The van der Waals surface area contributed by atoms with Gasteiger partial charge in [0.25, 0.3) is 11.8 Å². The van der Waals surface area contributed by atoms with Gasteiger partial charge in [0.2, 0.25) is 0 Å². The third kappa shape index (κ3) is 17.5. The monoisotopic (exact) mass is 1230 g/mol. The molecule has 6 aromatic carbocycles. The molecule has 6 aromatic rings. The maximum absolute atomic E-state index is 13.5. The van der Waals surface area contributed by atoms with E-state index in [0.717, 1.165) is 36.4 Å². The van der Waals surface area contributed by atoms with E-state index in [2.05, 4.69) is 21.3 Å². The topological polar surface area (TPSA) is 443 Å². The van der Waals surface area contributed by atoms with Crippen LogP contribution in [0.1, 0.15) is 20.7 Å². The van der Waals surface area contributed by atoms with Crippen molar-refractivity contribution in [3.05, 3.63) is 106 Å². The minimum absolute atomic E-state index is 0. The van der Waals surface area contributed by atoms with Crippen molar-refractivity contribution in [3.63, 3.8) is 0 Å². The quantitative estimate of drug-likeness (QED) is 0.0653. The molecule has 0 saturated carbocycles. The molecule has 39 heteroatoms. The molecule has 0 aliphatic rings. The number of nitrogens with one attached hydrogen (secondary N) is 4. The molecule has 4 N–H and O–H groups in total. The van der Waals surface area contributed by atoms with Crippen molar-refractivity contribution in [2.75, 3.05) is 21.3 Å². The number of hydrogen-bond acceptors (Lipinski definition) is 21. The first kappa shape index (κ1) is 74.1. The van der Waals surface area contributed by atoms with Gasteiger partial charge in [-0.15, -0.1) is 0 Å². The van der Waals surface area contributed by atoms with E-state index in [1.165, 1.54) is 0 Å². The zero-order valence-electron chi connectivity index (χ0n) is 38.4. The number of amides is 4. The number of halogens is 2. The number of urea groups is 1. The molecule has 0 aliphatic carbocycles. The Labute approximate surface area is 563 Å². The van der Waals surface area contributed by atoms with Crippen LogP contribution in [0.15, 0.2) is 114 Å². The molecule has 25 nitrogen and oxygen atoms in total. The number of hydrogen-bond donors (Lipinski definition) is 4. The third-order valence-corrected chi connectivity index (χ3v) is 14.9. The van der Waals surface area contributed by atoms with Crippen molar-refractivity contribution in [2.24, 2.45) is 0 Å². The molecule has 0 spiro atoms. The number of anilines is 4. The van der Waals surface area contributed by atoms with Crippen LogP contribution < -0.4 is 199 Å². The minimum atomic E-state index is -5.79. The van der Waals surface area contributed by atoms with Crippen LogP contribution in [-0.4, -0.2) is 95.7 Å². The summed E-state index contributed by atoms with van der Waals surface area (Å²) in [5.41, 5.74) is -2.90. The summed E-state index contributed by atoms with van der Waals surface area (Å²) in [5.74, 6) is -2.40. The van der Waals surface area contributed by atoms with Crippen LogP contribution in [0, 0.1) is 0 Å². The Balaban J connectivity index is 0.00000888. The van der Waals surface area contributed by atoms with Gasteiger partial charge in [0, 0.05) is 32.7 Å². The van der Waals surface area contributed by atoms with Gasteiger partial charge in [-0.2, -0.15) is 0 Å². The van der Waals surface area contributed by atoms with E-state index < -0.39 is 152 Å². The van der Waals surface area contributed by atoms with Gasteiger partial charge in [-0.1, -0.05) is 23.2 Å². The van der Waals surface area contributed by atoms with E-state index in [4.69, 9.17) is 23.2 Å². The van der Waals surface area contributed by atoms with E-state index in [0.29, 0.717) is 36.4 Å². The third-order valence-electron chi connectivity index (χ3n) is 9.13. The number of carbonyl (C=O) groups excluding carboxylic acids is 3. The van der Waals surface area contributed by atoms with E-state index in [1.807, 2.05) is 0 Å². The van der Waals surface area contributed by atoms with E-state index in [1.54, 1.807) is 0 Å². The fourth-order valence-corrected chi connectivity index (χ4v) is 10.6. The normalized spacial score (nSPS) is 11.7. The summed E-state index contributed by atoms with van der Waals surface area (Å²) in [5, 5.41) is 4.27. The summed E-state index contributed by atoms with van der Waals surface area (Å²) in [6, 6.07) is 8.08. The van der Waals surface area contributed by atoms with Crippen molar-refractivity contribution < 1.29 is 270 Å². The van der Waals surface area contributed by atoms with E-state index >= 15 is 0 Å². The summed E-state index contributed by atoms with van der Waals surface area (Å²) in [4.78, 5) is 31.8. The molecule has 0 fully saturated rings. The predicted molar refractivity (Wildman–Crippen MR) is 227 cm³/mol. The molecule has 0 saturated heterocycles. The van der Waals surface area contributed by atoms with Crippen molar-refractivity contribution >= 4 is 146 Å². The molecule has 74 heavy (non-hydrogen) atoms. The number of carbonyl (C=O) groups is 3. The maximum atomic E-state index is 13.5. The Kier molecular flexibility index (Phi) is 27.7. The summed E-state index contributed by atoms with van der Waals surface area (Å²) in [6.45, 7) is 0. The molecule has 360 valence electrons. The number of rotatable bonds is 12. The zero-order chi connectivity index (χ0) is 50.9. The first-order valence-corrected chi connectivity index (χ1v) is 26.5. The van der Waals surface area contributed by atoms with Gasteiger partial charge in [-0.3, -0.25) is 9.59 Å². The summed E-state index contributed by atoms with van der Waals surface area (Å²) >= 11 is 12.4. The number of fused-ring (bicyclic) bond motifs is 2. The van der Waals surface area contributed by atoms with Gasteiger partial charge in [0.1, 0.15) is 60.7 Å². The minimum Gasteiger partial charge on any atom is -0.744 e. The average molecular weight is 1230 g/mol. The van der Waals surface area contributed by atoms with Crippen molar-refractivity contribution in [2.45, 2.75) is 29.4 Å².